The maximum atomic E-state index is 5.42. The second-order valence-electron chi connectivity index (χ2n) is 6.27. The molecule has 0 saturated heterocycles. The monoisotopic (exact) mass is 293 g/mol. The van der Waals surface area contributed by atoms with E-state index in [4.69, 9.17) is 4.74 Å². The third kappa shape index (κ3) is 10.4. The van der Waals surface area contributed by atoms with Crippen LogP contribution in [0.2, 0.25) is 0 Å². The van der Waals surface area contributed by atoms with Gasteiger partial charge in [-0.2, -0.15) is 0 Å². The number of hydrogen-bond acceptors (Lipinski definition) is 2. The molecule has 0 aromatic rings. The van der Waals surface area contributed by atoms with Gasteiger partial charge in [0.05, 0.1) is 0 Å². The van der Waals surface area contributed by atoms with E-state index in [1.54, 1.807) is 0 Å². The molecule has 1 aliphatic rings. The van der Waals surface area contributed by atoms with Gasteiger partial charge in [0.2, 0.25) is 0 Å². The predicted octanol–water partition coefficient (Wildman–Crippen LogP) is 6.40. The first kappa shape index (κ1) is 18.1. The molecular weight excluding hydrogens is 258 g/mol. The Labute approximate surface area is 132 Å². The summed E-state index contributed by atoms with van der Waals surface area (Å²) >= 11 is 0. The largest absolute Gasteiger partial charge is 0.445 e. The average Bonchev–Trinajstić information content (AvgIpc) is 2.89. The second kappa shape index (κ2) is 12.8. The molecule has 0 fully saturated rings. The van der Waals surface area contributed by atoms with Crippen molar-refractivity contribution in [3.63, 3.8) is 0 Å². The first-order valence-corrected chi connectivity index (χ1v) is 9.15. The Morgan fingerprint density at radius 1 is 0.810 bits per heavy atom. The van der Waals surface area contributed by atoms with Crippen LogP contribution in [0.5, 0.6) is 0 Å². The van der Waals surface area contributed by atoms with Gasteiger partial charge < -0.3 is 10.1 Å². The number of hydrogen-bond donors (Lipinski definition) is 1. The molecule has 122 valence electrons. The number of nitrogens with one attached hydrogen (secondary N) is 1. The lowest BCUT2D eigenvalue weighted by Gasteiger charge is -2.04. The second-order valence-corrected chi connectivity index (χ2v) is 6.27. The van der Waals surface area contributed by atoms with Crippen LogP contribution in [0, 0.1) is 0 Å². The van der Waals surface area contributed by atoms with Crippen molar-refractivity contribution in [1.29, 1.82) is 0 Å². The maximum absolute atomic E-state index is 5.42. The average molecular weight is 293 g/mol. The van der Waals surface area contributed by atoms with E-state index in [2.05, 4.69) is 18.8 Å². The molecule has 0 aliphatic carbocycles. The number of unbranched alkanes of at least 4 members (excludes halogenated alkanes) is 12. The zero-order chi connectivity index (χ0) is 15.2. The molecule has 0 bridgehead atoms. The lowest BCUT2D eigenvalue weighted by molar-refractivity contribution is 0.300. The molecule has 0 aromatic heterocycles. The molecule has 1 heterocycles. The van der Waals surface area contributed by atoms with Crippen LogP contribution in [0.3, 0.4) is 0 Å². The first-order valence-electron chi connectivity index (χ1n) is 9.15. The minimum absolute atomic E-state index is 0.666. The molecule has 0 spiro atoms. The predicted molar refractivity (Wildman–Crippen MR) is 91.8 cm³/mol. The van der Waals surface area contributed by atoms with Crippen molar-refractivity contribution < 1.29 is 4.74 Å². The van der Waals surface area contributed by atoms with Gasteiger partial charge in [-0.1, -0.05) is 84.0 Å². The molecule has 1 rings (SSSR count). The molecule has 0 aromatic carbocycles. The van der Waals surface area contributed by atoms with Crippen LogP contribution in [0.15, 0.2) is 24.4 Å². The molecule has 2 nitrogen and oxygen atoms in total. The number of ether oxygens (including phenoxy) is 1. The lowest BCUT2D eigenvalue weighted by Crippen LogP contribution is -1.95. The third-order valence-electron chi connectivity index (χ3n) is 4.18. The zero-order valence-electron chi connectivity index (χ0n) is 14.1. The topological polar surface area (TPSA) is 21.3 Å². The molecule has 2 heteroatoms. The van der Waals surface area contributed by atoms with Crippen LogP contribution in [-0.4, -0.2) is 0 Å². The van der Waals surface area contributed by atoms with E-state index in [-0.39, 0.29) is 0 Å². The van der Waals surface area contributed by atoms with Gasteiger partial charge in [-0.15, -0.1) is 0 Å². The SMILES string of the molecule is C=C1NC=C(CCCCCCCCCCCCCCC)O1. The Balaban J connectivity index is 1.72. The van der Waals surface area contributed by atoms with E-state index in [0.717, 1.165) is 12.2 Å². The van der Waals surface area contributed by atoms with Crippen molar-refractivity contribution in [2.75, 3.05) is 0 Å². The van der Waals surface area contributed by atoms with E-state index in [1.807, 2.05) is 6.20 Å². The Morgan fingerprint density at radius 2 is 1.29 bits per heavy atom. The highest BCUT2D eigenvalue weighted by atomic mass is 16.5. The summed E-state index contributed by atoms with van der Waals surface area (Å²) in [6, 6.07) is 0. The van der Waals surface area contributed by atoms with Crippen LogP contribution in [0.4, 0.5) is 0 Å². The summed E-state index contributed by atoms with van der Waals surface area (Å²) in [5.41, 5.74) is 0. The molecule has 21 heavy (non-hydrogen) atoms. The summed E-state index contributed by atoms with van der Waals surface area (Å²) in [4.78, 5) is 0. The third-order valence-corrected chi connectivity index (χ3v) is 4.18. The van der Waals surface area contributed by atoms with Crippen LogP contribution in [-0.2, 0) is 4.74 Å². The van der Waals surface area contributed by atoms with Crippen molar-refractivity contribution in [2.45, 2.75) is 96.8 Å². The Morgan fingerprint density at radius 3 is 1.71 bits per heavy atom. The van der Waals surface area contributed by atoms with Crippen LogP contribution >= 0.6 is 0 Å². The summed E-state index contributed by atoms with van der Waals surface area (Å²) < 4.78 is 5.42. The van der Waals surface area contributed by atoms with Gasteiger partial charge >= 0.3 is 0 Å². The highest BCUT2D eigenvalue weighted by molar-refractivity contribution is 5.06. The van der Waals surface area contributed by atoms with Crippen LogP contribution < -0.4 is 5.32 Å². The standard InChI is InChI=1S/C19H35NO/c1-3-4-5-6-7-8-9-10-11-12-13-14-15-16-19-17-20-18(2)21-19/h17,20H,2-16H2,1H3. The minimum Gasteiger partial charge on any atom is -0.445 e. The lowest BCUT2D eigenvalue weighted by atomic mass is 10.0. The summed E-state index contributed by atoms with van der Waals surface area (Å²) in [5, 5.41) is 2.99. The highest BCUT2D eigenvalue weighted by Gasteiger charge is 2.07. The molecule has 0 unspecified atom stereocenters. The molecule has 1 N–H and O–H groups in total. The highest BCUT2D eigenvalue weighted by Crippen LogP contribution is 2.18. The molecular formula is C19H35NO. The van der Waals surface area contributed by atoms with Gasteiger partial charge in [0.1, 0.15) is 5.76 Å². The summed E-state index contributed by atoms with van der Waals surface area (Å²) in [6.07, 6.45) is 21.2. The summed E-state index contributed by atoms with van der Waals surface area (Å²) in [6.45, 7) is 6.02. The van der Waals surface area contributed by atoms with Crippen LogP contribution in [0.25, 0.3) is 0 Å². The van der Waals surface area contributed by atoms with E-state index in [1.165, 1.54) is 83.5 Å². The molecule has 0 radical (unpaired) electrons. The van der Waals surface area contributed by atoms with Crippen LogP contribution in [0.1, 0.15) is 96.8 Å². The van der Waals surface area contributed by atoms with Crippen molar-refractivity contribution in [1.82, 2.24) is 5.32 Å². The van der Waals surface area contributed by atoms with Gasteiger partial charge in [-0.25, -0.2) is 0 Å². The molecule has 0 amide bonds. The quantitative estimate of drug-likeness (QED) is 0.374. The Hall–Kier alpha value is -0.920. The number of rotatable bonds is 14. The maximum Gasteiger partial charge on any atom is 0.189 e. The fraction of sp³-hybridized carbons (Fsp3) is 0.789. The van der Waals surface area contributed by atoms with Crippen molar-refractivity contribution in [2.24, 2.45) is 0 Å². The smallest absolute Gasteiger partial charge is 0.189 e. The van der Waals surface area contributed by atoms with Crippen molar-refractivity contribution in [3.8, 4) is 0 Å². The van der Waals surface area contributed by atoms with Gasteiger partial charge in [-0.3, -0.25) is 0 Å². The normalized spacial score (nSPS) is 14.0. The molecule has 0 atom stereocenters. The van der Waals surface area contributed by atoms with Gasteiger partial charge in [0, 0.05) is 12.6 Å². The minimum atomic E-state index is 0.666. The van der Waals surface area contributed by atoms with E-state index >= 15 is 0 Å². The molecule has 1 aliphatic heterocycles. The van der Waals surface area contributed by atoms with Gasteiger partial charge in [0.25, 0.3) is 0 Å². The van der Waals surface area contributed by atoms with Crippen molar-refractivity contribution in [3.05, 3.63) is 24.4 Å². The Bertz CT molecular complexity index is 296. The zero-order valence-corrected chi connectivity index (χ0v) is 14.1. The summed E-state index contributed by atoms with van der Waals surface area (Å²) in [7, 11) is 0. The van der Waals surface area contributed by atoms with E-state index in [0.29, 0.717) is 5.88 Å². The Kier molecular flexibility index (Phi) is 11.0. The fourth-order valence-corrected chi connectivity index (χ4v) is 2.82. The summed E-state index contributed by atoms with van der Waals surface area (Å²) in [5.74, 6) is 1.71. The van der Waals surface area contributed by atoms with E-state index in [9.17, 15) is 0 Å². The van der Waals surface area contributed by atoms with Crippen molar-refractivity contribution >= 4 is 0 Å². The molecule has 0 saturated carbocycles. The van der Waals surface area contributed by atoms with Gasteiger partial charge in [0.15, 0.2) is 5.88 Å². The number of allylic oxidation sites excluding steroid dienone is 1. The van der Waals surface area contributed by atoms with E-state index < -0.39 is 0 Å². The fourth-order valence-electron chi connectivity index (χ4n) is 2.82. The van der Waals surface area contributed by atoms with Gasteiger partial charge in [-0.05, 0) is 13.0 Å². The first-order chi connectivity index (χ1) is 10.3.